The van der Waals surface area contributed by atoms with Gasteiger partial charge in [-0.1, -0.05) is 34.5 Å². The highest BCUT2D eigenvalue weighted by molar-refractivity contribution is 9.10. The van der Waals surface area contributed by atoms with E-state index in [2.05, 4.69) is 26.6 Å². The van der Waals surface area contributed by atoms with E-state index in [0.717, 1.165) is 29.3 Å². The molecule has 3 rings (SSSR count). The topological polar surface area (TPSA) is 84.2 Å². The Morgan fingerprint density at radius 2 is 1.46 bits per heavy atom. The number of carbonyl (C=O) groups excluding carboxylic acids is 2. The van der Waals surface area contributed by atoms with Gasteiger partial charge >= 0.3 is 6.03 Å². The van der Waals surface area contributed by atoms with Crippen molar-refractivity contribution in [2.45, 2.75) is 24.7 Å². The van der Waals surface area contributed by atoms with Gasteiger partial charge in [-0.05, 0) is 54.8 Å². The Hall–Kier alpha value is -2.34. The number of rotatable bonds is 4. The van der Waals surface area contributed by atoms with Gasteiger partial charge in [0.2, 0.25) is 5.91 Å². The van der Waals surface area contributed by atoms with Crippen LogP contribution in [0.5, 0.6) is 0 Å². The number of carbonyl (C=O) groups is 2. The predicted molar refractivity (Wildman–Crippen MR) is 97.9 cm³/mol. The first-order valence-corrected chi connectivity index (χ1v) is 8.53. The standard InChI is InChI=1S/C18H18BrN3O2/c19-13-4-2-12(3-5-13)18(10-1-11-18)16(23)21-14-6-8-15(9-7-14)22-17(20)24/h2-9H,1,10-11H2,(H,21,23)(H3,20,22,24). The third-order valence-electron chi connectivity index (χ3n) is 4.45. The Kier molecular flexibility index (Phi) is 4.57. The van der Waals surface area contributed by atoms with E-state index < -0.39 is 11.4 Å². The number of hydrogen-bond donors (Lipinski definition) is 3. The fraction of sp³-hybridized carbons (Fsp3) is 0.222. The SMILES string of the molecule is NC(=O)Nc1ccc(NC(=O)C2(c3ccc(Br)cc3)CCC2)cc1. The molecule has 0 aromatic heterocycles. The molecule has 0 aliphatic heterocycles. The van der Waals surface area contributed by atoms with Gasteiger partial charge in [0.05, 0.1) is 5.41 Å². The molecular formula is C18H18BrN3O2. The molecule has 6 heteroatoms. The van der Waals surface area contributed by atoms with Crippen LogP contribution in [0, 0.1) is 0 Å². The minimum atomic E-state index is -0.615. The average molecular weight is 388 g/mol. The Morgan fingerprint density at radius 1 is 0.917 bits per heavy atom. The first kappa shape index (κ1) is 16.5. The zero-order chi connectivity index (χ0) is 17.2. The van der Waals surface area contributed by atoms with Crippen LogP contribution in [0.2, 0.25) is 0 Å². The van der Waals surface area contributed by atoms with Crippen molar-refractivity contribution >= 4 is 39.2 Å². The van der Waals surface area contributed by atoms with Gasteiger partial charge in [0.1, 0.15) is 0 Å². The molecule has 0 spiro atoms. The van der Waals surface area contributed by atoms with Gasteiger partial charge in [0.15, 0.2) is 0 Å². The first-order chi connectivity index (χ1) is 11.5. The normalized spacial score (nSPS) is 15.2. The van der Waals surface area contributed by atoms with Gasteiger partial charge in [-0.3, -0.25) is 4.79 Å². The van der Waals surface area contributed by atoms with Crippen molar-refractivity contribution in [3.8, 4) is 0 Å². The van der Waals surface area contributed by atoms with E-state index in [9.17, 15) is 9.59 Å². The average Bonchev–Trinajstić information content (AvgIpc) is 2.49. The summed E-state index contributed by atoms with van der Waals surface area (Å²) in [6.07, 6.45) is 2.74. The Balaban J connectivity index is 1.75. The molecule has 0 heterocycles. The summed E-state index contributed by atoms with van der Waals surface area (Å²) in [5, 5.41) is 5.47. The molecule has 1 saturated carbocycles. The van der Waals surface area contributed by atoms with Crippen LogP contribution in [0.3, 0.4) is 0 Å². The second-order valence-electron chi connectivity index (χ2n) is 5.96. The summed E-state index contributed by atoms with van der Waals surface area (Å²) in [5.74, 6) is 0.00619. The van der Waals surface area contributed by atoms with Crippen LogP contribution in [-0.4, -0.2) is 11.9 Å². The fourth-order valence-electron chi connectivity index (χ4n) is 2.98. The molecule has 4 N–H and O–H groups in total. The number of primary amides is 1. The Labute approximate surface area is 148 Å². The lowest BCUT2D eigenvalue weighted by atomic mass is 9.64. The van der Waals surface area contributed by atoms with Crippen LogP contribution in [0.4, 0.5) is 16.2 Å². The van der Waals surface area contributed by atoms with Crippen LogP contribution >= 0.6 is 15.9 Å². The van der Waals surface area contributed by atoms with E-state index in [1.165, 1.54) is 0 Å². The molecule has 2 aromatic rings. The predicted octanol–water partition coefficient (Wildman–Crippen LogP) is 4.00. The minimum absolute atomic E-state index is 0.00619. The van der Waals surface area contributed by atoms with Crippen LogP contribution in [-0.2, 0) is 10.2 Å². The van der Waals surface area contributed by atoms with Crippen molar-refractivity contribution < 1.29 is 9.59 Å². The molecule has 1 aliphatic rings. The van der Waals surface area contributed by atoms with Gasteiger partial charge in [-0.25, -0.2) is 4.79 Å². The number of urea groups is 1. The monoisotopic (exact) mass is 387 g/mol. The summed E-state index contributed by atoms with van der Waals surface area (Å²) in [6.45, 7) is 0. The summed E-state index contributed by atoms with van der Waals surface area (Å²) in [6, 6.07) is 14.2. The van der Waals surface area contributed by atoms with Crippen LogP contribution in [0.15, 0.2) is 53.0 Å². The lowest BCUT2D eigenvalue weighted by molar-refractivity contribution is -0.124. The van der Waals surface area contributed by atoms with Crippen molar-refractivity contribution in [1.29, 1.82) is 0 Å². The van der Waals surface area contributed by atoms with Gasteiger partial charge in [-0.2, -0.15) is 0 Å². The molecule has 3 amide bonds. The van der Waals surface area contributed by atoms with E-state index >= 15 is 0 Å². The second-order valence-corrected chi connectivity index (χ2v) is 6.88. The van der Waals surface area contributed by atoms with Crippen molar-refractivity contribution in [2.75, 3.05) is 10.6 Å². The minimum Gasteiger partial charge on any atom is -0.351 e. The lowest BCUT2D eigenvalue weighted by Crippen LogP contribution is -2.45. The number of hydrogen-bond acceptors (Lipinski definition) is 2. The lowest BCUT2D eigenvalue weighted by Gasteiger charge is -2.40. The van der Waals surface area contributed by atoms with Crippen molar-refractivity contribution in [3.05, 3.63) is 58.6 Å². The van der Waals surface area contributed by atoms with E-state index in [0.29, 0.717) is 11.4 Å². The summed E-state index contributed by atoms with van der Waals surface area (Å²) < 4.78 is 0.999. The molecule has 1 aliphatic carbocycles. The maximum Gasteiger partial charge on any atom is 0.316 e. The molecule has 1 fully saturated rings. The van der Waals surface area contributed by atoms with Gasteiger partial charge in [0, 0.05) is 15.8 Å². The van der Waals surface area contributed by atoms with Crippen molar-refractivity contribution in [2.24, 2.45) is 5.73 Å². The van der Waals surface area contributed by atoms with E-state index in [1.807, 2.05) is 24.3 Å². The summed E-state index contributed by atoms with van der Waals surface area (Å²) in [5.41, 5.74) is 6.95. The number of amides is 3. The third kappa shape index (κ3) is 3.28. The largest absolute Gasteiger partial charge is 0.351 e. The molecule has 5 nitrogen and oxygen atoms in total. The van der Waals surface area contributed by atoms with Gasteiger partial charge < -0.3 is 16.4 Å². The molecule has 0 bridgehead atoms. The molecule has 0 unspecified atom stereocenters. The second kappa shape index (κ2) is 6.65. The molecular weight excluding hydrogens is 370 g/mol. The molecule has 0 atom stereocenters. The highest BCUT2D eigenvalue weighted by atomic mass is 79.9. The van der Waals surface area contributed by atoms with Crippen LogP contribution in [0.25, 0.3) is 0 Å². The quantitative estimate of drug-likeness (QED) is 0.740. The highest BCUT2D eigenvalue weighted by Gasteiger charge is 2.45. The summed E-state index contributed by atoms with van der Waals surface area (Å²) >= 11 is 3.43. The zero-order valence-electron chi connectivity index (χ0n) is 13.0. The first-order valence-electron chi connectivity index (χ1n) is 7.74. The highest BCUT2D eigenvalue weighted by Crippen LogP contribution is 2.44. The molecule has 2 aromatic carbocycles. The van der Waals surface area contributed by atoms with Gasteiger partial charge in [-0.15, -0.1) is 0 Å². The van der Waals surface area contributed by atoms with Crippen LogP contribution < -0.4 is 16.4 Å². The van der Waals surface area contributed by atoms with E-state index in [1.54, 1.807) is 24.3 Å². The van der Waals surface area contributed by atoms with Crippen molar-refractivity contribution in [3.63, 3.8) is 0 Å². The third-order valence-corrected chi connectivity index (χ3v) is 4.98. The summed E-state index contributed by atoms with van der Waals surface area (Å²) in [4.78, 5) is 23.7. The van der Waals surface area contributed by atoms with E-state index in [-0.39, 0.29) is 5.91 Å². The number of anilines is 2. The number of halogens is 1. The molecule has 0 saturated heterocycles. The number of nitrogens with one attached hydrogen (secondary N) is 2. The molecule has 124 valence electrons. The summed E-state index contributed by atoms with van der Waals surface area (Å²) in [7, 11) is 0. The van der Waals surface area contributed by atoms with Crippen LogP contribution in [0.1, 0.15) is 24.8 Å². The molecule has 0 radical (unpaired) electrons. The Morgan fingerprint density at radius 3 is 1.92 bits per heavy atom. The number of nitrogens with two attached hydrogens (primary N) is 1. The number of benzene rings is 2. The maximum atomic E-state index is 12.9. The van der Waals surface area contributed by atoms with Crippen molar-refractivity contribution in [1.82, 2.24) is 0 Å². The van der Waals surface area contributed by atoms with Gasteiger partial charge in [0.25, 0.3) is 0 Å². The fourth-order valence-corrected chi connectivity index (χ4v) is 3.24. The Bertz CT molecular complexity index is 753. The smallest absolute Gasteiger partial charge is 0.316 e. The van der Waals surface area contributed by atoms with E-state index in [4.69, 9.17) is 5.73 Å². The molecule has 24 heavy (non-hydrogen) atoms. The maximum absolute atomic E-state index is 12.9. The zero-order valence-corrected chi connectivity index (χ0v) is 14.6.